The van der Waals surface area contributed by atoms with E-state index >= 15 is 0 Å². The van der Waals surface area contributed by atoms with Gasteiger partial charge in [0.2, 0.25) is 0 Å². The number of rotatable bonds is 69. The van der Waals surface area contributed by atoms with Crippen LogP contribution in [-0.4, -0.2) is 96.7 Å². The summed E-state index contributed by atoms with van der Waals surface area (Å²) in [6.45, 7) is 9.44. The van der Waals surface area contributed by atoms with Crippen LogP contribution in [0.5, 0.6) is 0 Å². The smallest absolute Gasteiger partial charge is 0.462 e. The highest BCUT2D eigenvalue weighted by Crippen LogP contribution is 2.45. The molecule has 0 rings (SSSR count). The zero-order chi connectivity index (χ0) is 65.7. The Labute approximate surface area is 543 Å². The highest BCUT2D eigenvalue weighted by molar-refractivity contribution is 7.47. The summed E-state index contributed by atoms with van der Waals surface area (Å²) in [6.07, 6.45) is 47.6. The molecule has 0 amide bonds. The van der Waals surface area contributed by atoms with Crippen molar-refractivity contribution in [3.8, 4) is 0 Å². The SMILES string of the molecule is CCCCCCCCCCCCCCCCCCCCCC(=O)O[C@H](COC(=O)CCCCCCCCCCCCC(C)CC)COP(=O)(O)OC[C@@H](O)COP(=O)(O)OC[C@@H](COC(=O)CCCCCCC)OC(=O)CCCCCCCCCCC(C)C. The number of esters is 4. The van der Waals surface area contributed by atoms with E-state index in [2.05, 4.69) is 41.5 Å². The van der Waals surface area contributed by atoms with Gasteiger partial charge in [0.05, 0.1) is 26.4 Å². The largest absolute Gasteiger partial charge is 0.472 e. The number of phosphoric ester groups is 2. The maximum atomic E-state index is 13.0. The van der Waals surface area contributed by atoms with Crippen molar-refractivity contribution in [2.45, 2.75) is 374 Å². The summed E-state index contributed by atoms with van der Waals surface area (Å²) in [7, 11) is -9.89. The van der Waals surface area contributed by atoms with E-state index in [9.17, 15) is 43.2 Å². The van der Waals surface area contributed by atoms with Crippen molar-refractivity contribution in [3.05, 3.63) is 0 Å². The van der Waals surface area contributed by atoms with Crippen LogP contribution in [0, 0.1) is 11.8 Å². The van der Waals surface area contributed by atoms with Crippen molar-refractivity contribution < 1.29 is 80.2 Å². The lowest BCUT2D eigenvalue weighted by Gasteiger charge is -2.21. The third-order valence-corrected chi connectivity index (χ3v) is 18.5. The number of carbonyl (C=O) groups excluding carboxylic acids is 4. The molecule has 0 bridgehead atoms. The van der Waals surface area contributed by atoms with Gasteiger partial charge in [0.15, 0.2) is 12.2 Å². The summed E-state index contributed by atoms with van der Waals surface area (Å²) in [6, 6.07) is 0. The molecule has 0 spiro atoms. The van der Waals surface area contributed by atoms with Gasteiger partial charge in [0, 0.05) is 25.7 Å². The van der Waals surface area contributed by atoms with Gasteiger partial charge >= 0.3 is 39.5 Å². The van der Waals surface area contributed by atoms with Crippen LogP contribution in [0.3, 0.4) is 0 Å². The van der Waals surface area contributed by atoms with E-state index in [0.717, 1.165) is 108 Å². The number of hydrogen-bond acceptors (Lipinski definition) is 15. The second-order valence-corrected chi connectivity index (χ2v) is 28.9. The van der Waals surface area contributed by atoms with Crippen LogP contribution in [0.4, 0.5) is 0 Å². The van der Waals surface area contributed by atoms with Gasteiger partial charge in [-0.25, -0.2) is 9.13 Å². The second kappa shape index (κ2) is 62.2. The van der Waals surface area contributed by atoms with Gasteiger partial charge in [-0.05, 0) is 37.5 Å². The highest BCUT2D eigenvalue weighted by Gasteiger charge is 2.30. The molecule has 0 aromatic rings. The Bertz CT molecular complexity index is 1740. The molecule has 0 fully saturated rings. The lowest BCUT2D eigenvalue weighted by molar-refractivity contribution is -0.161. The fourth-order valence-corrected chi connectivity index (χ4v) is 12.1. The van der Waals surface area contributed by atoms with E-state index in [0.29, 0.717) is 25.7 Å². The molecule has 528 valence electrons. The summed E-state index contributed by atoms with van der Waals surface area (Å²) in [5.41, 5.74) is 0. The van der Waals surface area contributed by atoms with Gasteiger partial charge in [-0.1, -0.05) is 305 Å². The predicted octanol–water partition coefficient (Wildman–Crippen LogP) is 20.0. The van der Waals surface area contributed by atoms with Crippen molar-refractivity contribution >= 4 is 39.5 Å². The molecular weight excluding hydrogens is 1170 g/mol. The predicted molar refractivity (Wildman–Crippen MR) is 358 cm³/mol. The minimum atomic E-state index is -4.95. The molecule has 0 heterocycles. The standard InChI is InChI=1S/C70H136O17P2/c1-7-10-12-14-15-16-17-18-19-20-21-22-23-24-25-30-36-42-48-54-69(74)87-66(59-81-68(73)53-47-41-35-29-27-26-28-34-40-45-51-63(6)9-3)61-85-89(78,79)83-57-64(71)56-82-88(76,77)84-60-65(58-80-67(72)52-46-38-13-11-8-2)86-70(75)55-49-43-37-32-31-33-39-44-50-62(4)5/h62-66,71H,7-61H2,1-6H3,(H,76,77)(H,78,79)/t63?,64-,65+,66+/m0/s1. The van der Waals surface area contributed by atoms with Gasteiger partial charge in [0.1, 0.15) is 19.3 Å². The van der Waals surface area contributed by atoms with E-state index in [4.69, 9.17) is 37.0 Å². The molecule has 17 nitrogen and oxygen atoms in total. The number of unbranched alkanes of at least 4 members (excludes halogenated alkanes) is 38. The number of aliphatic hydroxyl groups is 1. The summed E-state index contributed by atoms with van der Waals surface area (Å²) in [5, 5.41) is 10.6. The third kappa shape index (κ3) is 63.2. The average Bonchev–Trinajstić information content (AvgIpc) is 3.63. The summed E-state index contributed by atoms with van der Waals surface area (Å²) in [5.74, 6) is -0.609. The molecule has 6 atom stereocenters. The molecule has 3 N–H and O–H groups in total. The molecule has 0 saturated carbocycles. The Morgan fingerprint density at radius 2 is 0.573 bits per heavy atom. The molecule has 0 aromatic heterocycles. The molecule has 89 heavy (non-hydrogen) atoms. The Kier molecular flexibility index (Phi) is 60.8. The Morgan fingerprint density at radius 1 is 0.326 bits per heavy atom. The average molecular weight is 1310 g/mol. The van der Waals surface area contributed by atoms with E-state index in [1.165, 1.54) is 167 Å². The van der Waals surface area contributed by atoms with Crippen LogP contribution in [-0.2, 0) is 65.4 Å². The summed E-state index contributed by atoms with van der Waals surface area (Å²) >= 11 is 0. The van der Waals surface area contributed by atoms with Crippen LogP contribution in [0.25, 0.3) is 0 Å². The van der Waals surface area contributed by atoms with E-state index in [-0.39, 0.29) is 25.7 Å². The zero-order valence-corrected chi connectivity index (χ0v) is 59.5. The molecule has 0 aliphatic heterocycles. The molecule has 0 aromatic carbocycles. The van der Waals surface area contributed by atoms with Crippen LogP contribution >= 0.6 is 15.6 Å². The minimum absolute atomic E-state index is 0.104. The molecule has 0 saturated heterocycles. The van der Waals surface area contributed by atoms with Gasteiger partial charge in [0.25, 0.3) is 0 Å². The lowest BCUT2D eigenvalue weighted by Crippen LogP contribution is -2.30. The second-order valence-electron chi connectivity index (χ2n) is 26.0. The van der Waals surface area contributed by atoms with Crippen LogP contribution in [0.2, 0.25) is 0 Å². The van der Waals surface area contributed by atoms with Gasteiger partial charge in [-0.15, -0.1) is 0 Å². The van der Waals surface area contributed by atoms with Crippen molar-refractivity contribution in [1.29, 1.82) is 0 Å². The monoisotopic (exact) mass is 1310 g/mol. The van der Waals surface area contributed by atoms with Crippen molar-refractivity contribution in [1.82, 2.24) is 0 Å². The van der Waals surface area contributed by atoms with Gasteiger partial charge in [-0.3, -0.25) is 37.3 Å². The first-order valence-electron chi connectivity index (χ1n) is 36.5. The van der Waals surface area contributed by atoms with E-state index in [1.54, 1.807) is 0 Å². The fourth-order valence-electron chi connectivity index (χ4n) is 10.6. The Balaban J connectivity index is 5.15. The van der Waals surface area contributed by atoms with Crippen molar-refractivity contribution in [3.63, 3.8) is 0 Å². The topological polar surface area (TPSA) is 237 Å². The summed E-state index contributed by atoms with van der Waals surface area (Å²) in [4.78, 5) is 72.2. The normalized spacial score (nSPS) is 14.4. The van der Waals surface area contributed by atoms with Crippen molar-refractivity contribution in [2.24, 2.45) is 11.8 Å². The molecular formula is C70H136O17P2. The Hall–Kier alpha value is -1.94. The lowest BCUT2D eigenvalue weighted by atomic mass is 9.99. The van der Waals surface area contributed by atoms with E-state index in [1.807, 2.05) is 0 Å². The first-order valence-corrected chi connectivity index (χ1v) is 39.5. The Morgan fingerprint density at radius 3 is 0.854 bits per heavy atom. The zero-order valence-electron chi connectivity index (χ0n) is 57.7. The number of hydrogen-bond donors (Lipinski definition) is 3. The quantitative estimate of drug-likeness (QED) is 0.0222. The van der Waals surface area contributed by atoms with Gasteiger partial charge < -0.3 is 33.8 Å². The van der Waals surface area contributed by atoms with Crippen LogP contribution < -0.4 is 0 Å². The van der Waals surface area contributed by atoms with Crippen molar-refractivity contribution in [2.75, 3.05) is 39.6 Å². The minimum Gasteiger partial charge on any atom is -0.462 e. The summed E-state index contributed by atoms with van der Waals surface area (Å²) < 4.78 is 68.1. The molecule has 0 radical (unpaired) electrons. The first-order chi connectivity index (χ1) is 42.9. The molecule has 0 aliphatic rings. The highest BCUT2D eigenvalue weighted by atomic mass is 31.2. The molecule has 19 heteroatoms. The number of phosphoric acid groups is 2. The van der Waals surface area contributed by atoms with Crippen LogP contribution in [0.1, 0.15) is 356 Å². The maximum Gasteiger partial charge on any atom is 0.472 e. The van der Waals surface area contributed by atoms with Crippen LogP contribution in [0.15, 0.2) is 0 Å². The third-order valence-electron chi connectivity index (χ3n) is 16.6. The number of ether oxygens (including phenoxy) is 4. The molecule has 0 aliphatic carbocycles. The molecule has 3 unspecified atom stereocenters. The van der Waals surface area contributed by atoms with E-state index < -0.39 is 97.5 Å². The maximum absolute atomic E-state index is 13.0. The first kappa shape index (κ1) is 87.1. The number of carbonyl (C=O) groups is 4. The fraction of sp³-hybridized carbons (Fsp3) is 0.943. The number of aliphatic hydroxyl groups excluding tert-OH is 1. The van der Waals surface area contributed by atoms with Gasteiger partial charge in [-0.2, -0.15) is 0 Å².